The van der Waals surface area contributed by atoms with E-state index in [0.29, 0.717) is 39.6 Å². The van der Waals surface area contributed by atoms with Gasteiger partial charge in [0.1, 0.15) is 13.2 Å². The molecule has 1 aromatic carbocycles. The summed E-state index contributed by atoms with van der Waals surface area (Å²) in [6, 6.07) is 6.62. The van der Waals surface area contributed by atoms with Crippen molar-refractivity contribution in [1.82, 2.24) is 0 Å². The average molecular weight is 346 g/mol. The Morgan fingerprint density at radius 3 is 1.88 bits per heavy atom. The minimum atomic E-state index is -0.492. The molecule has 4 rings (SSSR count). The standard InChI is InChI=1S/C19H22O6/c1-13-6-18(7-22-8-18)9-24-16(20)14-4-2-3-5-15(14)17(21)25-12-19(13)10-23-11-19/h2-5,13H,6-12H2,1H3. The number of ether oxygens (including phenoxy) is 4. The van der Waals surface area contributed by atoms with E-state index in [1.54, 1.807) is 24.3 Å². The lowest BCUT2D eigenvalue weighted by Gasteiger charge is -2.50. The molecule has 0 aliphatic carbocycles. The number of hydrogen-bond acceptors (Lipinski definition) is 6. The summed E-state index contributed by atoms with van der Waals surface area (Å²) in [7, 11) is 0. The number of carbonyl (C=O) groups excluding carboxylic acids is 2. The summed E-state index contributed by atoms with van der Waals surface area (Å²) < 4.78 is 22.0. The zero-order valence-electron chi connectivity index (χ0n) is 14.3. The van der Waals surface area contributed by atoms with Crippen LogP contribution in [0, 0.1) is 16.7 Å². The minimum absolute atomic E-state index is 0.157. The Bertz CT molecular complexity index is 689. The number of hydrogen-bond donors (Lipinski definition) is 0. The van der Waals surface area contributed by atoms with Gasteiger partial charge in [0, 0.05) is 0 Å². The van der Waals surface area contributed by atoms with Gasteiger partial charge < -0.3 is 18.9 Å². The van der Waals surface area contributed by atoms with Crippen LogP contribution in [0.25, 0.3) is 0 Å². The van der Waals surface area contributed by atoms with E-state index in [2.05, 4.69) is 6.92 Å². The summed E-state index contributed by atoms with van der Waals surface area (Å²) in [5, 5.41) is 0. The van der Waals surface area contributed by atoms with Gasteiger partial charge in [-0.3, -0.25) is 0 Å². The molecule has 0 N–H and O–H groups in total. The molecule has 134 valence electrons. The smallest absolute Gasteiger partial charge is 0.339 e. The lowest BCUT2D eigenvalue weighted by atomic mass is 9.67. The van der Waals surface area contributed by atoms with Crippen molar-refractivity contribution >= 4 is 11.9 Å². The van der Waals surface area contributed by atoms with Crippen molar-refractivity contribution < 1.29 is 28.5 Å². The van der Waals surface area contributed by atoms with Crippen LogP contribution < -0.4 is 0 Å². The number of carbonyl (C=O) groups is 2. The molecule has 1 aromatic rings. The second kappa shape index (κ2) is 6.11. The Hall–Kier alpha value is -1.92. The van der Waals surface area contributed by atoms with E-state index in [0.717, 1.165) is 6.42 Å². The van der Waals surface area contributed by atoms with E-state index >= 15 is 0 Å². The van der Waals surface area contributed by atoms with Crippen LogP contribution in [0.1, 0.15) is 34.1 Å². The van der Waals surface area contributed by atoms with Crippen LogP contribution in [-0.4, -0.2) is 51.6 Å². The van der Waals surface area contributed by atoms with Gasteiger partial charge in [-0.15, -0.1) is 0 Å². The summed E-state index contributed by atoms with van der Waals surface area (Å²) >= 11 is 0. The third-order valence-electron chi connectivity index (χ3n) is 5.75. The van der Waals surface area contributed by atoms with Crippen LogP contribution in [-0.2, 0) is 18.9 Å². The molecule has 3 aliphatic heterocycles. The first-order valence-electron chi connectivity index (χ1n) is 8.63. The van der Waals surface area contributed by atoms with Gasteiger partial charge in [-0.05, 0) is 24.5 Å². The molecule has 3 aliphatic rings. The fourth-order valence-electron chi connectivity index (χ4n) is 3.81. The maximum Gasteiger partial charge on any atom is 0.339 e. The number of rotatable bonds is 0. The molecule has 3 heterocycles. The number of esters is 2. The average Bonchev–Trinajstić information content (AvgIpc) is 2.54. The quantitative estimate of drug-likeness (QED) is 0.670. The molecule has 25 heavy (non-hydrogen) atoms. The van der Waals surface area contributed by atoms with Crippen LogP contribution >= 0.6 is 0 Å². The van der Waals surface area contributed by atoms with Crippen molar-refractivity contribution in [3.8, 4) is 0 Å². The van der Waals surface area contributed by atoms with Gasteiger partial charge in [-0.25, -0.2) is 9.59 Å². The summed E-state index contributed by atoms with van der Waals surface area (Å²) in [5.41, 5.74) is 0.164. The Morgan fingerprint density at radius 1 is 0.840 bits per heavy atom. The Labute approximate surface area is 146 Å². The zero-order chi connectivity index (χ0) is 17.5. The Morgan fingerprint density at radius 2 is 1.40 bits per heavy atom. The van der Waals surface area contributed by atoms with E-state index < -0.39 is 11.9 Å². The molecule has 0 aromatic heterocycles. The van der Waals surface area contributed by atoms with Crippen LogP contribution in [0.2, 0.25) is 0 Å². The summed E-state index contributed by atoms with van der Waals surface area (Å²) in [6.45, 7) is 5.09. The largest absolute Gasteiger partial charge is 0.461 e. The first kappa shape index (κ1) is 16.5. The summed E-state index contributed by atoms with van der Waals surface area (Å²) in [6.07, 6.45) is 0.850. The van der Waals surface area contributed by atoms with Gasteiger partial charge in [0.15, 0.2) is 0 Å². The van der Waals surface area contributed by atoms with E-state index in [-0.39, 0.29) is 27.9 Å². The molecular formula is C19H22O6. The lowest BCUT2D eigenvalue weighted by molar-refractivity contribution is -0.197. The van der Waals surface area contributed by atoms with E-state index in [9.17, 15) is 9.59 Å². The molecule has 0 saturated carbocycles. The van der Waals surface area contributed by atoms with Crippen molar-refractivity contribution in [1.29, 1.82) is 0 Å². The van der Waals surface area contributed by atoms with Gasteiger partial charge in [0.25, 0.3) is 0 Å². The fraction of sp³-hybridized carbons (Fsp3) is 0.579. The zero-order valence-corrected chi connectivity index (χ0v) is 14.3. The predicted molar refractivity (Wildman–Crippen MR) is 87.3 cm³/mol. The molecule has 2 spiro atoms. The van der Waals surface area contributed by atoms with Crippen LogP contribution in [0.4, 0.5) is 0 Å². The third kappa shape index (κ3) is 2.83. The molecule has 2 fully saturated rings. The highest BCUT2D eigenvalue weighted by Crippen LogP contribution is 2.45. The fourth-order valence-corrected chi connectivity index (χ4v) is 3.81. The Balaban J connectivity index is 1.67. The second-order valence-electron chi connectivity index (χ2n) is 7.65. The highest BCUT2D eigenvalue weighted by Gasteiger charge is 2.50. The molecule has 1 unspecified atom stereocenters. The number of benzene rings is 1. The van der Waals surface area contributed by atoms with Crippen LogP contribution in [0.3, 0.4) is 0 Å². The third-order valence-corrected chi connectivity index (χ3v) is 5.75. The van der Waals surface area contributed by atoms with E-state index in [4.69, 9.17) is 18.9 Å². The van der Waals surface area contributed by atoms with Crippen molar-refractivity contribution in [2.75, 3.05) is 39.6 Å². The maximum atomic E-state index is 12.5. The molecular weight excluding hydrogens is 324 g/mol. The van der Waals surface area contributed by atoms with Gasteiger partial charge in [0.05, 0.1) is 48.4 Å². The molecule has 0 amide bonds. The highest BCUT2D eigenvalue weighted by atomic mass is 16.6. The molecule has 1 atom stereocenters. The van der Waals surface area contributed by atoms with Crippen molar-refractivity contribution in [3.63, 3.8) is 0 Å². The summed E-state index contributed by atoms with van der Waals surface area (Å²) in [5.74, 6) is -0.714. The minimum Gasteiger partial charge on any atom is -0.461 e. The van der Waals surface area contributed by atoms with Gasteiger partial charge in [0.2, 0.25) is 0 Å². The van der Waals surface area contributed by atoms with E-state index in [1.165, 1.54) is 0 Å². The van der Waals surface area contributed by atoms with Gasteiger partial charge in [-0.2, -0.15) is 0 Å². The van der Waals surface area contributed by atoms with Crippen LogP contribution in [0.5, 0.6) is 0 Å². The lowest BCUT2D eigenvalue weighted by Crippen LogP contribution is -2.55. The van der Waals surface area contributed by atoms with Crippen LogP contribution in [0.15, 0.2) is 24.3 Å². The maximum absolute atomic E-state index is 12.5. The molecule has 6 heteroatoms. The molecule has 0 bridgehead atoms. The SMILES string of the molecule is CC1CC2(COC2)COC(=O)c2ccccc2C(=O)OCC12COC2. The van der Waals surface area contributed by atoms with Gasteiger partial charge >= 0.3 is 11.9 Å². The van der Waals surface area contributed by atoms with E-state index in [1.807, 2.05) is 0 Å². The number of cyclic esters (lactones) is 2. The van der Waals surface area contributed by atoms with Gasteiger partial charge in [-0.1, -0.05) is 19.1 Å². The monoisotopic (exact) mass is 346 g/mol. The number of fused-ring (bicyclic) bond motifs is 1. The molecule has 2 saturated heterocycles. The van der Waals surface area contributed by atoms with Crippen molar-refractivity contribution in [2.45, 2.75) is 13.3 Å². The van der Waals surface area contributed by atoms with Crippen molar-refractivity contribution in [2.24, 2.45) is 16.7 Å². The highest BCUT2D eigenvalue weighted by molar-refractivity contribution is 6.03. The first-order chi connectivity index (χ1) is 12.0. The molecule has 6 nitrogen and oxygen atoms in total. The summed E-state index contributed by atoms with van der Waals surface area (Å²) in [4.78, 5) is 25.0. The molecule has 0 radical (unpaired) electrons. The predicted octanol–water partition coefficient (Wildman–Crippen LogP) is 2.07. The topological polar surface area (TPSA) is 71.1 Å². The first-order valence-corrected chi connectivity index (χ1v) is 8.63. The normalized spacial score (nSPS) is 27.8. The second-order valence-corrected chi connectivity index (χ2v) is 7.65. The van der Waals surface area contributed by atoms with Crippen molar-refractivity contribution in [3.05, 3.63) is 35.4 Å². The Kier molecular flexibility index (Phi) is 4.04.